The third-order valence-corrected chi connectivity index (χ3v) is 2.36. The maximum absolute atomic E-state index is 8.69. The van der Waals surface area contributed by atoms with E-state index in [2.05, 4.69) is 5.32 Å². The van der Waals surface area contributed by atoms with Gasteiger partial charge in [-0.05, 0) is 6.42 Å². The van der Waals surface area contributed by atoms with Gasteiger partial charge in [0.05, 0.1) is 11.4 Å². The molecule has 1 heterocycles. The zero-order valence-electron chi connectivity index (χ0n) is 9.03. The monoisotopic (exact) mass is 224 g/mol. The van der Waals surface area contributed by atoms with E-state index in [1.807, 2.05) is 6.07 Å². The van der Waals surface area contributed by atoms with E-state index in [9.17, 15) is 0 Å². The normalized spacial score (nSPS) is 13.6. The fourth-order valence-corrected chi connectivity index (χ4v) is 1.56. The van der Waals surface area contributed by atoms with Crippen molar-refractivity contribution in [2.45, 2.75) is 6.42 Å². The molecular formula is C11H16N2O3. The standard InChI is InChI=1S/C11H16N2O3/c12-8-6-10-11(16-5-4-15-10)7-9(8)13-2-1-3-14/h6-7,13-14H,1-5,12H2. The molecule has 0 radical (unpaired) electrons. The molecule has 5 heteroatoms. The summed E-state index contributed by atoms with van der Waals surface area (Å²) in [4.78, 5) is 0. The molecule has 0 aliphatic carbocycles. The Morgan fingerprint density at radius 2 is 1.94 bits per heavy atom. The number of fused-ring (bicyclic) bond motifs is 1. The molecule has 0 saturated heterocycles. The Morgan fingerprint density at radius 3 is 2.62 bits per heavy atom. The van der Waals surface area contributed by atoms with Gasteiger partial charge in [-0.15, -0.1) is 0 Å². The van der Waals surface area contributed by atoms with Crippen molar-refractivity contribution in [2.75, 3.05) is 37.4 Å². The molecule has 0 spiro atoms. The highest BCUT2D eigenvalue weighted by molar-refractivity contribution is 5.72. The maximum atomic E-state index is 8.69. The molecule has 0 unspecified atom stereocenters. The predicted molar refractivity (Wildman–Crippen MR) is 62.0 cm³/mol. The highest BCUT2D eigenvalue weighted by Gasteiger charge is 2.14. The van der Waals surface area contributed by atoms with Crippen molar-refractivity contribution in [3.05, 3.63) is 12.1 Å². The van der Waals surface area contributed by atoms with E-state index >= 15 is 0 Å². The summed E-state index contributed by atoms with van der Waals surface area (Å²) in [7, 11) is 0. The second-order valence-electron chi connectivity index (χ2n) is 3.59. The molecular weight excluding hydrogens is 208 g/mol. The van der Waals surface area contributed by atoms with E-state index in [1.165, 1.54) is 0 Å². The molecule has 5 nitrogen and oxygen atoms in total. The molecule has 0 bridgehead atoms. The molecule has 0 atom stereocenters. The first-order chi connectivity index (χ1) is 7.81. The minimum atomic E-state index is 0.164. The van der Waals surface area contributed by atoms with Gasteiger partial charge in [0.1, 0.15) is 13.2 Å². The second kappa shape index (κ2) is 4.94. The quantitative estimate of drug-likeness (QED) is 0.521. The largest absolute Gasteiger partial charge is 0.486 e. The zero-order chi connectivity index (χ0) is 11.4. The number of nitrogens with two attached hydrogens (primary N) is 1. The van der Waals surface area contributed by atoms with E-state index < -0.39 is 0 Å². The third kappa shape index (κ3) is 2.30. The fourth-order valence-electron chi connectivity index (χ4n) is 1.56. The molecule has 0 saturated carbocycles. The van der Waals surface area contributed by atoms with Crippen LogP contribution in [0.25, 0.3) is 0 Å². The molecule has 1 aliphatic rings. The first kappa shape index (κ1) is 10.9. The van der Waals surface area contributed by atoms with Crippen molar-refractivity contribution in [3.63, 3.8) is 0 Å². The van der Waals surface area contributed by atoms with Crippen molar-refractivity contribution >= 4 is 11.4 Å². The summed E-state index contributed by atoms with van der Waals surface area (Å²) >= 11 is 0. The Morgan fingerprint density at radius 1 is 1.25 bits per heavy atom. The van der Waals surface area contributed by atoms with Crippen LogP contribution in [0.3, 0.4) is 0 Å². The fraction of sp³-hybridized carbons (Fsp3) is 0.455. The number of ether oxygens (including phenoxy) is 2. The smallest absolute Gasteiger partial charge is 0.163 e. The number of aliphatic hydroxyl groups is 1. The van der Waals surface area contributed by atoms with E-state index in [4.69, 9.17) is 20.3 Å². The summed E-state index contributed by atoms with van der Waals surface area (Å²) in [6, 6.07) is 3.59. The molecule has 0 amide bonds. The van der Waals surface area contributed by atoms with Crippen molar-refractivity contribution in [1.29, 1.82) is 0 Å². The lowest BCUT2D eigenvalue weighted by Crippen LogP contribution is -2.16. The molecule has 1 aromatic carbocycles. The van der Waals surface area contributed by atoms with Crippen molar-refractivity contribution in [2.24, 2.45) is 0 Å². The van der Waals surface area contributed by atoms with Gasteiger partial charge in [-0.25, -0.2) is 0 Å². The van der Waals surface area contributed by atoms with Gasteiger partial charge in [-0.2, -0.15) is 0 Å². The number of aliphatic hydroxyl groups excluding tert-OH is 1. The van der Waals surface area contributed by atoms with Gasteiger partial charge < -0.3 is 25.6 Å². The molecule has 16 heavy (non-hydrogen) atoms. The van der Waals surface area contributed by atoms with Gasteiger partial charge in [-0.3, -0.25) is 0 Å². The van der Waals surface area contributed by atoms with Crippen LogP contribution < -0.4 is 20.5 Å². The van der Waals surface area contributed by atoms with Crippen LogP contribution in [0.4, 0.5) is 11.4 Å². The summed E-state index contributed by atoms with van der Waals surface area (Å²) in [5, 5.41) is 11.8. The number of hydrogen-bond acceptors (Lipinski definition) is 5. The van der Waals surface area contributed by atoms with Gasteiger partial charge in [0, 0.05) is 25.3 Å². The highest BCUT2D eigenvalue weighted by atomic mass is 16.6. The summed E-state index contributed by atoms with van der Waals surface area (Å²) in [6.07, 6.45) is 0.688. The van der Waals surface area contributed by atoms with E-state index in [0.717, 1.165) is 5.69 Å². The van der Waals surface area contributed by atoms with Crippen LogP contribution in [-0.2, 0) is 0 Å². The average molecular weight is 224 g/mol. The minimum Gasteiger partial charge on any atom is -0.486 e. The first-order valence-corrected chi connectivity index (χ1v) is 5.35. The number of rotatable bonds is 4. The van der Waals surface area contributed by atoms with Crippen molar-refractivity contribution < 1.29 is 14.6 Å². The van der Waals surface area contributed by atoms with Crippen LogP contribution in [0, 0.1) is 0 Å². The Hall–Kier alpha value is -1.62. The van der Waals surface area contributed by atoms with E-state index in [-0.39, 0.29) is 6.61 Å². The molecule has 0 aromatic heterocycles. The molecule has 0 fully saturated rings. The Labute approximate surface area is 94.2 Å². The lowest BCUT2D eigenvalue weighted by atomic mass is 10.2. The van der Waals surface area contributed by atoms with Gasteiger partial charge in [0.25, 0.3) is 0 Å². The van der Waals surface area contributed by atoms with Crippen molar-refractivity contribution in [3.8, 4) is 11.5 Å². The summed E-state index contributed by atoms with van der Waals surface area (Å²) in [5.41, 5.74) is 7.31. The van der Waals surface area contributed by atoms with Crippen LogP contribution in [-0.4, -0.2) is 31.5 Å². The number of benzene rings is 1. The van der Waals surface area contributed by atoms with E-state index in [1.54, 1.807) is 6.07 Å². The lowest BCUT2D eigenvalue weighted by molar-refractivity contribution is 0.172. The second-order valence-corrected chi connectivity index (χ2v) is 3.59. The molecule has 1 aromatic rings. The Balaban J connectivity index is 2.12. The van der Waals surface area contributed by atoms with Gasteiger partial charge in [0.15, 0.2) is 11.5 Å². The lowest BCUT2D eigenvalue weighted by Gasteiger charge is -2.20. The zero-order valence-corrected chi connectivity index (χ0v) is 9.03. The summed E-state index contributed by atoms with van der Waals surface area (Å²) < 4.78 is 10.9. The number of anilines is 2. The highest BCUT2D eigenvalue weighted by Crippen LogP contribution is 2.36. The van der Waals surface area contributed by atoms with Crippen LogP contribution in [0.2, 0.25) is 0 Å². The third-order valence-electron chi connectivity index (χ3n) is 2.36. The Kier molecular flexibility index (Phi) is 3.36. The molecule has 88 valence electrons. The summed E-state index contributed by atoms with van der Waals surface area (Å²) in [5.74, 6) is 1.41. The Bertz CT molecular complexity index is 368. The molecule has 2 rings (SSSR count). The van der Waals surface area contributed by atoms with Crippen LogP contribution >= 0.6 is 0 Å². The van der Waals surface area contributed by atoms with Gasteiger partial charge in [-0.1, -0.05) is 0 Å². The number of hydrogen-bond donors (Lipinski definition) is 3. The number of nitrogen functional groups attached to an aromatic ring is 1. The van der Waals surface area contributed by atoms with E-state index in [0.29, 0.717) is 43.4 Å². The van der Waals surface area contributed by atoms with Crippen LogP contribution in [0.1, 0.15) is 6.42 Å². The molecule has 4 N–H and O–H groups in total. The van der Waals surface area contributed by atoms with Crippen LogP contribution in [0.5, 0.6) is 11.5 Å². The summed E-state index contributed by atoms with van der Waals surface area (Å²) in [6.45, 7) is 1.97. The predicted octanol–water partition coefficient (Wildman–Crippen LogP) is 0.834. The van der Waals surface area contributed by atoms with Crippen molar-refractivity contribution in [1.82, 2.24) is 0 Å². The first-order valence-electron chi connectivity index (χ1n) is 5.35. The maximum Gasteiger partial charge on any atom is 0.163 e. The average Bonchev–Trinajstić information content (AvgIpc) is 2.30. The number of nitrogens with one attached hydrogen (secondary N) is 1. The van der Waals surface area contributed by atoms with Gasteiger partial charge >= 0.3 is 0 Å². The molecule has 1 aliphatic heterocycles. The van der Waals surface area contributed by atoms with Crippen LogP contribution in [0.15, 0.2) is 12.1 Å². The minimum absolute atomic E-state index is 0.164. The van der Waals surface area contributed by atoms with Gasteiger partial charge in [0.2, 0.25) is 0 Å². The SMILES string of the molecule is Nc1cc2c(cc1NCCCO)OCCO2. The topological polar surface area (TPSA) is 76.7 Å².